The number of ether oxygens (including phenoxy) is 1. The van der Waals surface area contributed by atoms with Crippen molar-refractivity contribution in [3.63, 3.8) is 0 Å². The third-order valence-electron chi connectivity index (χ3n) is 3.94. The molecule has 0 spiro atoms. The number of hydrogen-bond acceptors (Lipinski definition) is 5. The third-order valence-corrected chi connectivity index (χ3v) is 3.94. The van der Waals surface area contributed by atoms with Gasteiger partial charge in [-0.15, -0.1) is 5.10 Å². The molecule has 0 atom stereocenters. The van der Waals surface area contributed by atoms with Gasteiger partial charge in [0.15, 0.2) is 0 Å². The fourth-order valence-corrected chi connectivity index (χ4v) is 2.47. The average molecular weight is 337 g/mol. The lowest BCUT2D eigenvalue weighted by atomic mass is 10.0. The van der Waals surface area contributed by atoms with Crippen molar-refractivity contribution >= 4 is 16.9 Å². The van der Waals surface area contributed by atoms with Crippen LogP contribution in [0.1, 0.15) is 31.7 Å². The van der Waals surface area contributed by atoms with E-state index < -0.39 is 5.97 Å². The van der Waals surface area contributed by atoms with Crippen molar-refractivity contribution in [1.29, 1.82) is 0 Å². The Morgan fingerprint density at radius 3 is 2.56 bits per heavy atom. The van der Waals surface area contributed by atoms with Gasteiger partial charge in [0, 0.05) is 0 Å². The van der Waals surface area contributed by atoms with Gasteiger partial charge in [-0.25, -0.2) is 4.68 Å². The summed E-state index contributed by atoms with van der Waals surface area (Å²) in [5.41, 5.74) is 1.45. The van der Waals surface area contributed by atoms with Crippen LogP contribution >= 0.6 is 0 Å². The third kappa shape index (κ3) is 3.91. The number of esters is 1. The molecule has 6 nitrogen and oxygen atoms in total. The molecule has 0 amide bonds. The van der Waals surface area contributed by atoms with E-state index in [1.165, 1.54) is 10.2 Å². The first-order valence-electron chi connectivity index (χ1n) is 8.18. The molecule has 0 bridgehead atoms. The highest BCUT2D eigenvalue weighted by Gasteiger charge is 2.09. The molecule has 0 aliphatic heterocycles. The zero-order valence-electron chi connectivity index (χ0n) is 14.2. The van der Waals surface area contributed by atoms with Gasteiger partial charge in [-0.3, -0.25) is 9.59 Å². The van der Waals surface area contributed by atoms with Crippen molar-refractivity contribution in [1.82, 2.24) is 15.0 Å². The van der Waals surface area contributed by atoms with Gasteiger partial charge in [-0.2, -0.15) is 0 Å². The highest BCUT2D eigenvalue weighted by atomic mass is 16.5. The molecule has 0 saturated carbocycles. The van der Waals surface area contributed by atoms with E-state index in [1.807, 2.05) is 12.1 Å². The Kier molecular flexibility index (Phi) is 4.88. The topological polar surface area (TPSA) is 74.1 Å². The molecule has 0 unspecified atom stereocenters. The lowest BCUT2D eigenvalue weighted by Crippen LogP contribution is -2.26. The van der Waals surface area contributed by atoms with Crippen LogP contribution in [0.5, 0.6) is 5.75 Å². The van der Waals surface area contributed by atoms with Crippen LogP contribution in [-0.2, 0) is 11.3 Å². The quantitative estimate of drug-likeness (QED) is 0.529. The zero-order valence-corrected chi connectivity index (χ0v) is 14.2. The molecule has 0 saturated heterocycles. The number of nitrogens with zero attached hydrogens (tertiary/aromatic N) is 3. The molecule has 0 aliphatic rings. The number of benzene rings is 2. The summed E-state index contributed by atoms with van der Waals surface area (Å²) in [6, 6.07) is 14.4. The van der Waals surface area contributed by atoms with E-state index in [0.29, 0.717) is 22.6 Å². The van der Waals surface area contributed by atoms with Crippen LogP contribution in [0.3, 0.4) is 0 Å². The van der Waals surface area contributed by atoms with E-state index in [2.05, 4.69) is 24.2 Å². The molecule has 0 aliphatic carbocycles. The molecular weight excluding hydrogens is 318 g/mol. The Hall–Kier alpha value is -3.02. The lowest BCUT2D eigenvalue weighted by molar-refractivity contribution is -0.134. The van der Waals surface area contributed by atoms with Gasteiger partial charge >= 0.3 is 5.97 Å². The fraction of sp³-hybridized carbons (Fsp3) is 0.263. The predicted molar refractivity (Wildman–Crippen MR) is 94.6 cm³/mol. The number of aromatic nitrogens is 3. The molecule has 3 aromatic rings. The van der Waals surface area contributed by atoms with Crippen molar-refractivity contribution < 1.29 is 9.53 Å². The Labute approximate surface area is 145 Å². The predicted octanol–water partition coefficient (Wildman–Crippen LogP) is 2.91. The average Bonchev–Trinajstić information content (AvgIpc) is 2.62. The highest BCUT2D eigenvalue weighted by molar-refractivity contribution is 5.76. The first-order valence-corrected chi connectivity index (χ1v) is 8.18. The molecule has 3 rings (SSSR count). The Morgan fingerprint density at radius 1 is 1.12 bits per heavy atom. The van der Waals surface area contributed by atoms with E-state index in [9.17, 15) is 9.59 Å². The SMILES string of the molecule is CC(C)c1ccc(OC(=O)CCn2nnc3ccccc3c2=O)cc1. The van der Waals surface area contributed by atoms with Crippen molar-refractivity contribution in [2.24, 2.45) is 0 Å². The number of hydrogen-bond donors (Lipinski definition) is 0. The van der Waals surface area contributed by atoms with E-state index in [4.69, 9.17) is 4.74 Å². The minimum absolute atomic E-state index is 0.0405. The molecule has 2 aromatic carbocycles. The second-order valence-corrected chi connectivity index (χ2v) is 6.08. The van der Waals surface area contributed by atoms with Gasteiger partial charge in [-0.05, 0) is 35.7 Å². The van der Waals surface area contributed by atoms with Crippen molar-refractivity contribution in [2.45, 2.75) is 32.7 Å². The van der Waals surface area contributed by atoms with Crippen LogP contribution in [0.2, 0.25) is 0 Å². The van der Waals surface area contributed by atoms with Gasteiger partial charge in [-0.1, -0.05) is 43.3 Å². The summed E-state index contributed by atoms with van der Waals surface area (Å²) < 4.78 is 6.48. The molecule has 0 fully saturated rings. The Morgan fingerprint density at radius 2 is 1.84 bits per heavy atom. The first kappa shape index (κ1) is 16.8. The van der Waals surface area contributed by atoms with Crippen molar-refractivity contribution in [3.8, 4) is 5.75 Å². The van der Waals surface area contributed by atoms with E-state index in [0.717, 1.165) is 0 Å². The molecular formula is C19H19N3O3. The van der Waals surface area contributed by atoms with Crippen molar-refractivity contribution in [3.05, 3.63) is 64.4 Å². The van der Waals surface area contributed by atoms with Gasteiger partial charge in [0.05, 0.1) is 18.4 Å². The number of rotatable bonds is 5. The maximum absolute atomic E-state index is 12.3. The molecule has 1 heterocycles. The molecule has 128 valence electrons. The molecule has 25 heavy (non-hydrogen) atoms. The van der Waals surface area contributed by atoms with Crippen LogP contribution in [0.25, 0.3) is 10.9 Å². The number of carbonyl (C=O) groups is 1. The Bertz CT molecular complexity index is 946. The molecule has 6 heteroatoms. The van der Waals surface area contributed by atoms with E-state index in [-0.39, 0.29) is 18.5 Å². The standard InChI is InChI=1S/C19H19N3O3/c1-13(2)14-7-9-15(10-8-14)25-18(23)11-12-22-19(24)16-5-3-4-6-17(16)20-21-22/h3-10,13H,11-12H2,1-2H3. The van der Waals surface area contributed by atoms with E-state index >= 15 is 0 Å². The van der Waals surface area contributed by atoms with Crippen LogP contribution in [0.4, 0.5) is 0 Å². The van der Waals surface area contributed by atoms with Crippen LogP contribution in [-0.4, -0.2) is 21.0 Å². The summed E-state index contributed by atoms with van der Waals surface area (Å²) in [5, 5.41) is 8.34. The second kappa shape index (κ2) is 7.25. The minimum Gasteiger partial charge on any atom is -0.426 e. The number of fused-ring (bicyclic) bond motifs is 1. The summed E-state index contributed by atoms with van der Waals surface area (Å²) >= 11 is 0. The smallest absolute Gasteiger partial charge is 0.313 e. The summed E-state index contributed by atoms with van der Waals surface area (Å²) in [4.78, 5) is 24.3. The van der Waals surface area contributed by atoms with Crippen LogP contribution in [0, 0.1) is 0 Å². The number of aryl methyl sites for hydroxylation is 1. The monoisotopic (exact) mass is 337 g/mol. The summed E-state index contributed by atoms with van der Waals surface area (Å²) in [6.45, 7) is 4.33. The lowest BCUT2D eigenvalue weighted by Gasteiger charge is -2.08. The van der Waals surface area contributed by atoms with Crippen molar-refractivity contribution in [2.75, 3.05) is 0 Å². The van der Waals surface area contributed by atoms with Gasteiger partial charge < -0.3 is 4.74 Å². The maximum atomic E-state index is 12.3. The summed E-state index contributed by atoms with van der Waals surface area (Å²) in [7, 11) is 0. The minimum atomic E-state index is -0.417. The normalized spacial score (nSPS) is 11.0. The molecule has 0 N–H and O–H groups in total. The van der Waals surface area contributed by atoms with E-state index in [1.54, 1.807) is 36.4 Å². The molecule has 1 aromatic heterocycles. The van der Waals surface area contributed by atoms with Crippen LogP contribution in [0.15, 0.2) is 53.3 Å². The Balaban J connectivity index is 1.64. The highest BCUT2D eigenvalue weighted by Crippen LogP contribution is 2.18. The summed E-state index contributed by atoms with van der Waals surface area (Å²) in [6.07, 6.45) is 0.0405. The molecule has 0 radical (unpaired) electrons. The zero-order chi connectivity index (χ0) is 17.8. The first-order chi connectivity index (χ1) is 12.0. The fourth-order valence-electron chi connectivity index (χ4n) is 2.47. The van der Waals surface area contributed by atoms with Crippen LogP contribution < -0.4 is 10.3 Å². The maximum Gasteiger partial charge on any atom is 0.313 e. The van der Waals surface area contributed by atoms with Gasteiger partial charge in [0.2, 0.25) is 0 Å². The second-order valence-electron chi connectivity index (χ2n) is 6.08. The number of carbonyl (C=O) groups excluding carboxylic acids is 1. The van der Waals surface area contributed by atoms with Gasteiger partial charge in [0.25, 0.3) is 5.56 Å². The largest absolute Gasteiger partial charge is 0.426 e. The van der Waals surface area contributed by atoms with Gasteiger partial charge in [0.1, 0.15) is 11.3 Å². The summed E-state index contributed by atoms with van der Waals surface area (Å²) in [5.74, 6) is 0.494.